The van der Waals surface area contributed by atoms with E-state index in [0.29, 0.717) is 24.3 Å². The van der Waals surface area contributed by atoms with E-state index in [0.717, 1.165) is 31.3 Å². The highest BCUT2D eigenvalue weighted by molar-refractivity contribution is 6.01. The van der Waals surface area contributed by atoms with E-state index in [2.05, 4.69) is 15.6 Å². The van der Waals surface area contributed by atoms with Crippen LogP contribution >= 0.6 is 12.4 Å². The number of ether oxygens (including phenoxy) is 1. The van der Waals surface area contributed by atoms with Gasteiger partial charge in [-0.1, -0.05) is 12.1 Å². The summed E-state index contributed by atoms with van der Waals surface area (Å²) in [5.74, 6) is -0.228. The highest BCUT2D eigenvalue weighted by Gasteiger charge is 2.32. The Morgan fingerprint density at radius 3 is 2.86 bits per heavy atom. The van der Waals surface area contributed by atoms with Gasteiger partial charge in [0.05, 0.1) is 12.9 Å². The largest absolute Gasteiger partial charge is 0.448 e. The van der Waals surface area contributed by atoms with Gasteiger partial charge >= 0.3 is 0 Å². The monoisotopic (exact) mass is 420 g/mol. The standard InChI is InChI=1S/C20H24N4O4.ClH/c1-27-12-20(6-8-21-9-7-20)11-22-16(25)10-24-13-23-17-14-4-2-3-5-15(14)28-18(17)19(24)26;/h2-5,13,21H,6-12H2,1H3,(H,22,25);1H. The number of carbonyl (C=O) groups excluding carboxylic acids is 1. The quantitative estimate of drug-likeness (QED) is 0.629. The first-order valence-corrected chi connectivity index (χ1v) is 9.45. The molecule has 0 saturated carbocycles. The molecule has 0 aliphatic carbocycles. The molecule has 9 heteroatoms. The SMILES string of the molecule is COCC1(CNC(=O)Cn2cnc3c(oc4ccccc43)c2=O)CCNCC1.Cl. The minimum Gasteiger partial charge on any atom is -0.448 e. The normalized spacial score (nSPS) is 15.9. The van der Waals surface area contributed by atoms with Crippen molar-refractivity contribution in [2.24, 2.45) is 5.41 Å². The number of nitrogens with one attached hydrogen (secondary N) is 2. The summed E-state index contributed by atoms with van der Waals surface area (Å²) in [5.41, 5.74) is 0.875. The van der Waals surface area contributed by atoms with Crippen molar-refractivity contribution in [3.63, 3.8) is 0 Å². The van der Waals surface area contributed by atoms with E-state index in [-0.39, 0.29) is 41.4 Å². The van der Waals surface area contributed by atoms with Crippen molar-refractivity contribution >= 4 is 40.4 Å². The van der Waals surface area contributed by atoms with E-state index in [1.165, 1.54) is 10.9 Å². The van der Waals surface area contributed by atoms with Gasteiger partial charge in [-0.05, 0) is 38.1 Å². The van der Waals surface area contributed by atoms with E-state index in [1.54, 1.807) is 13.2 Å². The fourth-order valence-electron chi connectivity index (χ4n) is 3.86. The van der Waals surface area contributed by atoms with Crippen molar-refractivity contribution in [3.05, 3.63) is 40.9 Å². The van der Waals surface area contributed by atoms with Crippen molar-refractivity contribution in [1.29, 1.82) is 0 Å². The maximum Gasteiger partial charge on any atom is 0.297 e. The Morgan fingerprint density at radius 1 is 1.34 bits per heavy atom. The van der Waals surface area contributed by atoms with Gasteiger partial charge in [0.25, 0.3) is 5.56 Å². The molecular weight excluding hydrogens is 396 g/mol. The van der Waals surface area contributed by atoms with Crippen LogP contribution in [0.25, 0.3) is 22.1 Å². The summed E-state index contributed by atoms with van der Waals surface area (Å²) in [7, 11) is 1.68. The second kappa shape index (κ2) is 8.94. The van der Waals surface area contributed by atoms with Gasteiger partial charge < -0.3 is 19.8 Å². The van der Waals surface area contributed by atoms with Gasteiger partial charge in [0, 0.05) is 24.5 Å². The molecule has 1 fully saturated rings. The maximum absolute atomic E-state index is 12.7. The van der Waals surface area contributed by atoms with Gasteiger partial charge in [-0.2, -0.15) is 0 Å². The molecule has 8 nitrogen and oxygen atoms in total. The molecule has 1 amide bonds. The number of hydrogen-bond donors (Lipinski definition) is 2. The third-order valence-corrected chi connectivity index (χ3v) is 5.44. The Hall–Kier alpha value is -2.42. The number of para-hydroxylation sites is 1. The van der Waals surface area contributed by atoms with Gasteiger partial charge in [-0.15, -0.1) is 12.4 Å². The van der Waals surface area contributed by atoms with Gasteiger partial charge in [0.2, 0.25) is 11.5 Å². The zero-order chi connectivity index (χ0) is 19.6. The number of aromatic nitrogens is 2. The summed E-state index contributed by atoms with van der Waals surface area (Å²) < 4.78 is 12.3. The molecular formula is C20H25ClN4O4. The lowest BCUT2D eigenvalue weighted by Crippen LogP contribution is -2.48. The molecule has 1 saturated heterocycles. The van der Waals surface area contributed by atoms with Crippen molar-refractivity contribution < 1.29 is 13.9 Å². The number of rotatable bonds is 6. The van der Waals surface area contributed by atoms with Gasteiger partial charge in [0.1, 0.15) is 17.6 Å². The van der Waals surface area contributed by atoms with Crippen LogP contribution in [0.15, 0.2) is 39.8 Å². The van der Waals surface area contributed by atoms with Crippen LogP contribution in [0.1, 0.15) is 12.8 Å². The third-order valence-electron chi connectivity index (χ3n) is 5.44. The molecule has 3 aromatic rings. The molecule has 0 spiro atoms. The molecule has 0 bridgehead atoms. The zero-order valence-corrected chi connectivity index (χ0v) is 17.1. The number of carbonyl (C=O) groups is 1. The summed E-state index contributed by atoms with van der Waals surface area (Å²) in [6.45, 7) is 2.84. The minimum atomic E-state index is -0.357. The lowest BCUT2D eigenvalue weighted by molar-refractivity contribution is -0.122. The first-order valence-electron chi connectivity index (χ1n) is 9.45. The predicted molar refractivity (Wildman–Crippen MR) is 112 cm³/mol. The molecule has 3 heterocycles. The van der Waals surface area contributed by atoms with Crippen LogP contribution in [0.3, 0.4) is 0 Å². The average Bonchev–Trinajstić information content (AvgIpc) is 3.09. The summed E-state index contributed by atoms with van der Waals surface area (Å²) in [6.07, 6.45) is 3.28. The average molecular weight is 421 g/mol. The number of amides is 1. The van der Waals surface area contributed by atoms with Crippen LogP contribution in [-0.4, -0.2) is 48.8 Å². The molecule has 1 aliphatic heterocycles. The Labute approximate surface area is 174 Å². The van der Waals surface area contributed by atoms with Crippen LogP contribution in [0, 0.1) is 5.41 Å². The van der Waals surface area contributed by atoms with Crippen LogP contribution < -0.4 is 16.2 Å². The molecule has 29 heavy (non-hydrogen) atoms. The fourth-order valence-corrected chi connectivity index (χ4v) is 3.86. The smallest absolute Gasteiger partial charge is 0.297 e. The summed E-state index contributed by atoms with van der Waals surface area (Å²) in [6, 6.07) is 7.36. The second-order valence-corrected chi connectivity index (χ2v) is 7.41. The third kappa shape index (κ3) is 4.29. The number of piperidine rings is 1. The highest BCUT2D eigenvalue weighted by atomic mass is 35.5. The Bertz CT molecular complexity index is 1050. The number of nitrogens with zero attached hydrogens (tertiary/aromatic N) is 2. The molecule has 156 valence electrons. The van der Waals surface area contributed by atoms with Crippen molar-refractivity contribution in [3.8, 4) is 0 Å². The number of methoxy groups -OCH3 is 1. The van der Waals surface area contributed by atoms with Crippen LogP contribution in [0.4, 0.5) is 0 Å². The number of hydrogen-bond acceptors (Lipinski definition) is 6. The van der Waals surface area contributed by atoms with Crippen molar-refractivity contribution in [1.82, 2.24) is 20.2 Å². The molecule has 1 aromatic carbocycles. The Balaban J connectivity index is 0.00000240. The van der Waals surface area contributed by atoms with Crippen LogP contribution in [0.2, 0.25) is 0 Å². The van der Waals surface area contributed by atoms with E-state index < -0.39 is 0 Å². The van der Waals surface area contributed by atoms with Gasteiger partial charge in [-0.25, -0.2) is 4.98 Å². The first kappa shape index (κ1) is 21.3. The molecule has 2 aromatic heterocycles. The van der Waals surface area contributed by atoms with Gasteiger partial charge in [0.15, 0.2) is 0 Å². The number of benzene rings is 1. The summed E-state index contributed by atoms with van der Waals surface area (Å²) in [5, 5.41) is 7.08. The number of halogens is 1. The van der Waals surface area contributed by atoms with Crippen molar-refractivity contribution in [2.45, 2.75) is 19.4 Å². The van der Waals surface area contributed by atoms with E-state index in [1.807, 2.05) is 18.2 Å². The number of fused-ring (bicyclic) bond motifs is 3. The molecule has 4 rings (SSSR count). The van der Waals surface area contributed by atoms with E-state index in [4.69, 9.17) is 9.15 Å². The van der Waals surface area contributed by atoms with Gasteiger partial charge in [-0.3, -0.25) is 14.2 Å². The predicted octanol–water partition coefficient (Wildman–Crippen LogP) is 1.70. The second-order valence-electron chi connectivity index (χ2n) is 7.41. The molecule has 2 N–H and O–H groups in total. The Morgan fingerprint density at radius 2 is 2.10 bits per heavy atom. The molecule has 0 atom stereocenters. The lowest BCUT2D eigenvalue weighted by Gasteiger charge is -2.37. The first-order chi connectivity index (χ1) is 13.6. The minimum absolute atomic E-state index is 0. The summed E-state index contributed by atoms with van der Waals surface area (Å²) in [4.78, 5) is 29.5. The van der Waals surface area contributed by atoms with E-state index >= 15 is 0 Å². The topological polar surface area (TPSA) is 98.4 Å². The lowest BCUT2D eigenvalue weighted by atomic mass is 9.79. The van der Waals surface area contributed by atoms with Crippen molar-refractivity contribution in [2.75, 3.05) is 33.4 Å². The molecule has 1 aliphatic rings. The van der Waals surface area contributed by atoms with Crippen LogP contribution in [0.5, 0.6) is 0 Å². The number of furan rings is 1. The highest BCUT2D eigenvalue weighted by Crippen LogP contribution is 2.28. The fraction of sp³-hybridized carbons (Fsp3) is 0.450. The maximum atomic E-state index is 12.7. The van der Waals surface area contributed by atoms with Crippen LogP contribution in [-0.2, 0) is 16.1 Å². The van der Waals surface area contributed by atoms with E-state index in [9.17, 15) is 9.59 Å². The Kier molecular flexibility index (Phi) is 6.56. The summed E-state index contributed by atoms with van der Waals surface area (Å²) >= 11 is 0. The molecule has 0 unspecified atom stereocenters. The molecule has 0 radical (unpaired) electrons. The zero-order valence-electron chi connectivity index (χ0n) is 16.3.